The van der Waals surface area contributed by atoms with Gasteiger partial charge in [0.2, 0.25) is 0 Å². The van der Waals surface area contributed by atoms with Gasteiger partial charge in [-0.2, -0.15) is 0 Å². The molecule has 0 bridgehead atoms. The van der Waals surface area contributed by atoms with Crippen LogP contribution in [0.5, 0.6) is 0 Å². The fraction of sp³-hybridized carbons (Fsp3) is 0.0536. The summed E-state index contributed by atoms with van der Waals surface area (Å²) >= 11 is 0. The SMILES string of the molecule is C1=CC2c3cc(/C=C\Nc4ccccc4)ccc3N(c3ccc(C4=Nc5ccccc5C(c5cc(-c6ccccc6)cc(-c6ccccc6)c5)N4)cc3)C2c2ccccc21. The molecule has 11 rings (SSSR count). The van der Waals surface area contributed by atoms with Crippen molar-refractivity contribution in [1.82, 2.24) is 5.32 Å². The lowest BCUT2D eigenvalue weighted by molar-refractivity contribution is 0.667. The summed E-state index contributed by atoms with van der Waals surface area (Å²) in [4.78, 5) is 7.77. The first-order chi connectivity index (χ1) is 29.7. The Balaban J connectivity index is 0.946. The van der Waals surface area contributed by atoms with Crippen LogP contribution in [0, 0.1) is 0 Å². The van der Waals surface area contributed by atoms with Gasteiger partial charge in [0, 0.05) is 40.3 Å². The van der Waals surface area contributed by atoms with E-state index in [2.05, 4.69) is 216 Å². The summed E-state index contributed by atoms with van der Waals surface area (Å²) < 4.78 is 0. The first-order valence-corrected chi connectivity index (χ1v) is 20.7. The van der Waals surface area contributed by atoms with Crippen molar-refractivity contribution in [3.63, 3.8) is 0 Å². The van der Waals surface area contributed by atoms with E-state index >= 15 is 0 Å². The van der Waals surface area contributed by atoms with Crippen molar-refractivity contribution < 1.29 is 0 Å². The Kier molecular flexibility index (Phi) is 9.01. The Labute approximate surface area is 351 Å². The molecule has 3 aliphatic rings. The van der Waals surface area contributed by atoms with Crippen LogP contribution in [0.2, 0.25) is 0 Å². The lowest BCUT2D eigenvalue weighted by Gasteiger charge is -2.33. The summed E-state index contributed by atoms with van der Waals surface area (Å²) in [6.45, 7) is 0. The van der Waals surface area contributed by atoms with E-state index in [1.807, 2.05) is 24.4 Å². The van der Waals surface area contributed by atoms with Crippen molar-refractivity contribution in [2.24, 2.45) is 4.99 Å². The molecule has 4 nitrogen and oxygen atoms in total. The molecule has 0 aromatic heterocycles. The molecular formula is C56H42N4. The van der Waals surface area contributed by atoms with E-state index < -0.39 is 0 Å². The number of amidine groups is 1. The third kappa shape index (κ3) is 6.58. The molecule has 2 N–H and O–H groups in total. The number of benzene rings is 8. The summed E-state index contributed by atoms with van der Waals surface area (Å²) in [5.41, 5.74) is 17.7. The maximum absolute atomic E-state index is 5.24. The van der Waals surface area contributed by atoms with Gasteiger partial charge in [0.1, 0.15) is 5.84 Å². The third-order valence-corrected chi connectivity index (χ3v) is 12.1. The number of nitrogens with zero attached hydrogens (tertiary/aromatic N) is 2. The topological polar surface area (TPSA) is 39.7 Å². The quantitative estimate of drug-likeness (QED) is 0.162. The van der Waals surface area contributed by atoms with E-state index in [1.165, 1.54) is 55.8 Å². The largest absolute Gasteiger partial charge is 0.362 e. The van der Waals surface area contributed by atoms with Crippen LogP contribution in [0.3, 0.4) is 0 Å². The first kappa shape index (κ1) is 35.5. The van der Waals surface area contributed by atoms with Gasteiger partial charge in [0.05, 0.1) is 17.8 Å². The van der Waals surface area contributed by atoms with Gasteiger partial charge in [-0.1, -0.05) is 140 Å². The number of aliphatic imine (C=N–C) groups is 1. The first-order valence-electron chi connectivity index (χ1n) is 20.7. The van der Waals surface area contributed by atoms with Gasteiger partial charge in [-0.05, 0) is 129 Å². The number of rotatable bonds is 8. The molecule has 8 aromatic carbocycles. The van der Waals surface area contributed by atoms with Crippen molar-refractivity contribution >= 4 is 40.7 Å². The molecule has 8 aromatic rings. The minimum absolute atomic E-state index is 0.0950. The number of nitrogens with one attached hydrogen (secondary N) is 2. The van der Waals surface area contributed by atoms with Crippen LogP contribution in [-0.4, -0.2) is 5.84 Å². The summed E-state index contributed by atoms with van der Waals surface area (Å²) in [6.07, 6.45) is 8.87. The minimum Gasteiger partial charge on any atom is -0.362 e. The van der Waals surface area contributed by atoms with Crippen LogP contribution >= 0.6 is 0 Å². The van der Waals surface area contributed by atoms with E-state index in [4.69, 9.17) is 4.99 Å². The number of hydrogen-bond acceptors (Lipinski definition) is 4. The van der Waals surface area contributed by atoms with Crippen molar-refractivity contribution in [3.8, 4) is 22.3 Å². The molecule has 3 atom stereocenters. The average molecular weight is 771 g/mol. The second-order valence-corrected chi connectivity index (χ2v) is 15.7. The van der Waals surface area contributed by atoms with Gasteiger partial charge in [-0.3, -0.25) is 0 Å². The van der Waals surface area contributed by atoms with E-state index in [-0.39, 0.29) is 18.0 Å². The Bertz CT molecular complexity index is 2870. The predicted octanol–water partition coefficient (Wildman–Crippen LogP) is 13.9. The fourth-order valence-corrected chi connectivity index (χ4v) is 9.20. The predicted molar refractivity (Wildman–Crippen MR) is 250 cm³/mol. The Hall–Kier alpha value is -7.69. The molecule has 0 spiro atoms. The normalized spacial score (nSPS) is 17.2. The van der Waals surface area contributed by atoms with Gasteiger partial charge >= 0.3 is 0 Å². The molecule has 60 heavy (non-hydrogen) atoms. The molecule has 0 radical (unpaired) electrons. The van der Waals surface area contributed by atoms with E-state index in [0.29, 0.717) is 0 Å². The summed E-state index contributed by atoms with van der Waals surface area (Å²) in [6, 6.07) is 71.9. The van der Waals surface area contributed by atoms with Crippen LogP contribution in [0.1, 0.15) is 56.9 Å². The van der Waals surface area contributed by atoms with Crippen molar-refractivity contribution in [3.05, 3.63) is 251 Å². The van der Waals surface area contributed by atoms with Crippen LogP contribution < -0.4 is 15.5 Å². The number of hydrogen-bond donors (Lipinski definition) is 2. The monoisotopic (exact) mass is 770 g/mol. The fourth-order valence-electron chi connectivity index (χ4n) is 9.20. The molecule has 3 unspecified atom stereocenters. The molecule has 0 amide bonds. The van der Waals surface area contributed by atoms with Crippen molar-refractivity contribution in [2.75, 3.05) is 10.2 Å². The molecule has 0 saturated heterocycles. The number of fused-ring (bicyclic) bond motifs is 6. The van der Waals surface area contributed by atoms with E-state index in [1.54, 1.807) is 0 Å². The smallest absolute Gasteiger partial charge is 0.134 e. The molecular weight excluding hydrogens is 729 g/mol. The highest BCUT2D eigenvalue weighted by molar-refractivity contribution is 6.02. The zero-order valence-electron chi connectivity index (χ0n) is 33.0. The highest BCUT2D eigenvalue weighted by Crippen LogP contribution is 2.56. The van der Waals surface area contributed by atoms with Crippen molar-refractivity contribution in [1.29, 1.82) is 0 Å². The highest BCUT2D eigenvalue weighted by atomic mass is 15.2. The summed E-state index contributed by atoms with van der Waals surface area (Å²) in [5, 5.41) is 7.32. The average Bonchev–Trinajstić information content (AvgIpc) is 3.66. The van der Waals surface area contributed by atoms with Crippen molar-refractivity contribution in [2.45, 2.75) is 18.0 Å². The van der Waals surface area contributed by atoms with E-state index in [0.717, 1.165) is 34.0 Å². The van der Waals surface area contributed by atoms with Gasteiger partial charge < -0.3 is 15.5 Å². The van der Waals surface area contributed by atoms with Crippen LogP contribution in [0.4, 0.5) is 22.7 Å². The summed E-state index contributed by atoms with van der Waals surface area (Å²) in [5.74, 6) is 1.09. The standard InChI is InChI=1S/C56H42N4/c1-4-14-39(15-5-1)43-35-44(40-16-6-2-7-17-40)37-45(36-43)54-50-22-12-13-23-52(50)58-56(59-54)42-25-28-47(29-26-42)60-53-31-24-38(32-33-57-46-19-8-3-9-20-46)34-51(53)49-30-27-41-18-10-11-21-48(41)55(49)60/h1-37,49,54-55,57H,(H,58,59)/b33-32-. The third-order valence-electron chi connectivity index (χ3n) is 12.1. The van der Waals surface area contributed by atoms with Gasteiger partial charge in [0.15, 0.2) is 0 Å². The lowest BCUT2D eigenvalue weighted by atomic mass is 9.83. The van der Waals surface area contributed by atoms with Crippen LogP contribution in [0.15, 0.2) is 217 Å². The zero-order chi connectivity index (χ0) is 39.8. The molecule has 2 heterocycles. The number of anilines is 3. The summed E-state index contributed by atoms with van der Waals surface area (Å²) in [7, 11) is 0. The molecule has 286 valence electrons. The van der Waals surface area contributed by atoms with Gasteiger partial charge in [-0.15, -0.1) is 0 Å². The minimum atomic E-state index is -0.0950. The van der Waals surface area contributed by atoms with Crippen LogP contribution in [0.25, 0.3) is 34.4 Å². The second kappa shape index (κ2) is 15.2. The van der Waals surface area contributed by atoms with E-state index in [9.17, 15) is 0 Å². The maximum Gasteiger partial charge on any atom is 0.134 e. The lowest BCUT2D eigenvalue weighted by Crippen LogP contribution is -2.33. The Morgan fingerprint density at radius 3 is 1.92 bits per heavy atom. The zero-order valence-corrected chi connectivity index (χ0v) is 33.0. The van der Waals surface area contributed by atoms with Crippen LogP contribution in [-0.2, 0) is 0 Å². The molecule has 0 fully saturated rings. The van der Waals surface area contributed by atoms with Gasteiger partial charge in [0.25, 0.3) is 0 Å². The number of para-hydroxylation sites is 2. The second-order valence-electron chi connectivity index (χ2n) is 15.7. The molecule has 2 aliphatic heterocycles. The Morgan fingerprint density at radius 1 is 0.533 bits per heavy atom. The Morgan fingerprint density at radius 2 is 1.18 bits per heavy atom. The molecule has 1 aliphatic carbocycles. The highest BCUT2D eigenvalue weighted by Gasteiger charge is 2.41. The van der Waals surface area contributed by atoms with Gasteiger partial charge in [-0.25, -0.2) is 4.99 Å². The maximum atomic E-state index is 5.24. The molecule has 0 saturated carbocycles. The molecule has 4 heteroatoms.